The van der Waals surface area contributed by atoms with Gasteiger partial charge in [0.05, 0.1) is 18.5 Å². The molecule has 126 valence electrons. The SMILES string of the molecule is COc1ccc2c(c1)NC(=O)N(c1ccc3ccccc3c1)S2(=O)=O. The van der Waals surface area contributed by atoms with E-state index in [2.05, 4.69) is 5.32 Å². The Kier molecular flexibility index (Phi) is 3.40. The molecule has 0 bridgehead atoms. The number of sulfonamides is 1. The first-order valence-corrected chi connectivity index (χ1v) is 8.98. The molecule has 0 spiro atoms. The summed E-state index contributed by atoms with van der Waals surface area (Å²) in [5, 5.41) is 4.43. The second-order valence-electron chi connectivity index (χ2n) is 5.59. The fraction of sp³-hybridized carbons (Fsp3) is 0.0556. The fourth-order valence-corrected chi connectivity index (χ4v) is 4.37. The zero-order valence-electron chi connectivity index (χ0n) is 13.3. The summed E-state index contributed by atoms with van der Waals surface area (Å²) in [6.07, 6.45) is 0. The normalized spacial score (nSPS) is 15.6. The highest BCUT2D eigenvalue weighted by molar-refractivity contribution is 7.94. The van der Waals surface area contributed by atoms with Gasteiger partial charge in [-0.3, -0.25) is 0 Å². The van der Waals surface area contributed by atoms with Crippen molar-refractivity contribution in [3.05, 3.63) is 60.7 Å². The first-order chi connectivity index (χ1) is 12.0. The van der Waals surface area contributed by atoms with Crippen LogP contribution in [0.25, 0.3) is 10.8 Å². The molecule has 25 heavy (non-hydrogen) atoms. The van der Waals surface area contributed by atoms with E-state index in [-0.39, 0.29) is 16.3 Å². The van der Waals surface area contributed by atoms with Gasteiger partial charge in [-0.2, -0.15) is 4.31 Å². The van der Waals surface area contributed by atoms with Crippen molar-refractivity contribution in [2.45, 2.75) is 4.90 Å². The smallest absolute Gasteiger partial charge is 0.340 e. The molecular weight excluding hydrogens is 340 g/mol. The van der Waals surface area contributed by atoms with Gasteiger partial charge in [-0.25, -0.2) is 13.2 Å². The molecule has 0 atom stereocenters. The lowest BCUT2D eigenvalue weighted by atomic mass is 10.1. The van der Waals surface area contributed by atoms with Crippen LogP contribution in [0.2, 0.25) is 0 Å². The minimum atomic E-state index is -4.01. The van der Waals surface area contributed by atoms with Gasteiger partial charge in [0.1, 0.15) is 10.6 Å². The van der Waals surface area contributed by atoms with Crippen LogP contribution < -0.4 is 14.4 Å². The number of urea groups is 1. The van der Waals surface area contributed by atoms with Crippen molar-refractivity contribution in [3.63, 3.8) is 0 Å². The predicted octanol–water partition coefficient (Wildman–Crippen LogP) is 3.59. The number of amides is 2. The maximum atomic E-state index is 13.0. The summed E-state index contributed by atoms with van der Waals surface area (Å²) < 4.78 is 31.8. The van der Waals surface area contributed by atoms with E-state index in [1.54, 1.807) is 24.3 Å². The third kappa shape index (κ3) is 2.40. The van der Waals surface area contributed by atoms with Gasteiger partial charge in [-0.1, -0.05) is 30.3 Å². The second-order valence-corrected chi connectivity index (χ2v) is 7.35. The standard InChI is InChI=1S/C18H14N2O4S/c1-24-15-8-9-17-16(11-15)19-18(21)20(25(17,22)23)14-7-6-12-4-2-3-5-13(12)10-14/h2-11H,1H3,(H,19,21). The van der Waals surface area contributed by atoms with Crippen molar-refractivity contribution in [3.8, 4) is 5.75 Å². The molecule has 3 aromatic carbocycles. The summed E-state index contributed by atoms with van der Waals surface area (Å²) in [7, 11) is -2.54. The van der Waals surface area contributed by atoms with Gasteiger partial charge in [0, 0.05) is 6.07 Å². The molecule has 6 nitrogen and oxygen atoms in total. The van der Waals surface area contributed by atoms with Crippen LogP contribution in [0.1, 0.15) is 0 Å². The molecule has 0 saturated carbocycles. The maximum absolute atomic E-state index is 13.0. The molecule has 1 N–H and O–H groups in total. The van der Waals surface area contributed by atoms with Gasteiger partial charge in [0.15, 0.2) is 0 Å². The molecule has 0 saturated heterocycles. The minimum Gasteiger partial charge on any atom is -0.497 e. The molecule has 4 rings (SSSR count). The summed E-state index contributed by atoms with van der Waals surface area (Å²) in [6, 6.07) is 16.4. The number of nitrogens with one attached hydrogen (secondary N) is 1. The number of carbonyl (C=O) groups excluding carboxylic acids is 1. The third-order valence-corrected chi connectivity index (χ3v) is 5.87. The minimum absolute atomic E-state index is 0.0288. The number of hydrogen-bond acceptors (Lipinski definition) is 4. The zero-order chi connectivity index (χ0) is 17.6. The average Bonchev–Trinajstić information content (AvgIpc) is 2.60. The highest BCUT2D eigenvalue weighted by atomic mass is 32.2. The fourth-order valence-electron chi connectivity index (χ4n) is 2.89. The largest absolute Gasteiger partial charge is 0.497 e. The lowest BCUT2D eigenvalue weighted by molar-refractivity contribution is 0.259. The summed E-state index contributed by atoms with van der Waals surface area (Å²) in [6.45, 7) is 0. The van der Waals surface area contributed by atoms with E-state index in [1.165, 1.54) is 19.2 Å². The van der Waals surface area contributed by atoms with Gasteiger partial charge in [-0.15, -0.1) is 0 Å². The van der Waals surface area contributed by atoms with Crippen LogP contribution in [-0.4, -0.2) is 21.6 Å². The van der Waals surface area contributed by atoms with E-state index in [9.17, 15) is 13.2 Å². The molecule has 0 radical (unpaired) electrons. The first-order valence-electron chi connectivity index (χ1n) is 7.54. The van der Waals surface area contributed by atoms with Crippen LogP contribution in [0.15, 0.2) is 65.6 Å². The number of benzene rings is 3. The van der Waals surface area contributed by atoms with E-state index in [4.69, 9.17) is 4.74 Å². The topological polar surface area (TPSA) is 75.7 Å². The number of anilines is 2. The molecule has 1 heterocycles. The van der Waals surface area contributed by atoms with Gasteiger partial charge < -0.3 is 10.1 Å². The van der Waals surface area contributed by atoms with Crippen LogP contribution in [0, 0.1) is 0 Å². The van der Waals surface area contributed by atoms with Crippen LogP contribution in [0.4, 0.5) is 16.2 Å². The van der Waals surface area contributed by atoms with E-state index in [1.807, 2.05) is 24.3 Å². The van der Waals surface area contributed by atoms with Gasteiger partial charge in [0.25, 0.3) is 10.0 Å². The Morgan fingerprint density at radius 1 is 0.960 bits per heavy atom. The number of methoxy groups -OCH3 is 1. The van der Waals surface area contributed by atoms with E-state index >= 15 is 0 Å². The van der Waals surface area contributed by atoms with E-state index < -0.39 is 16.1 Å². The molecule has 0 aliphatic carbocycles. The number of carbonyl (C=O) groups is 1. The van der Waals surface area contributed by atoms with Crippen molar-refractivity contribution in [1.29, 1.82) is 0 Å². The molecule has 3 aromatic rings. The molecule has 7 heteroatoms. The highest BCUT2D eigenvalue weighted by Crippen LogP contribution is 2.36. The average molecular weight is 354 g/mol. The lowest BCUT2D eigenvalue weighted by Crippen LogP contribution is -2.44. The quantitative estimate of drug-likeness (QED) is 0.763. The van der Waals surface area contributed by atoms with Crippen molar-refractivity contribution in [1.82, 2.24) is 0 Å². The van der Waals surface area contributed by atoms with Crippen molar-refractivity contribution in [2.24, 2.45) is 0 Å². The number of nitrogens with zero attached hydrogens (tertiary/aromatic N) is 1. The number of hydrogen-bond donors (Lipinski definition) is 1. The van der Waals surface area contributed by atoms with Gasteiger partial charge in [0.2, 0.25) is 0 Å². The molecule has 1 aliphatic rings. The van der Waals surface area contributed by atoms with Crippen LogP contribution >= 0.6 is 0 Å². The van der Waals surface area contributed by atoms with Crippen molar-refractivity contribution < 1.29 is 17.9 Å². The summed E-state index contributed by atoms with van der Waals surface area (Å²) in [5.74, 6) is 0.466. The first kappa shape index (κ1) is 15.5. The summed E-state index contributed by atoms with van der Waals surface area (Å²) >= 11 is 0. The zero-order valence-corrected chi connectivity index (χ0v) is 14.1. The van der Waals surface area contributed by atoms with Crippen LogP contribution in [0.5, 0.6) is 5.75 Å². The molecule has 0 fully saturated rings. The third-order valence-electron chi connectivity index (χ3n) is 4.10. The van der Waals surface area contributed by atoms with E-state index in [0.29, 0.717) is 5.75 Å². The number of fused-ring (bicyclic) bond motifs is 2. The highest BCUT2D eigenvalue weighted by Gasteiger charge is 2.38. The molecule has 0 aromatic heterocycles. The molecule has 1 aliphatic heterocycles. The van der Waals surface area contributed by atoms with E-state index in [0.717, 1.165) is 15.1 Å². The molecule has 0 unspecified atom stereocenters. The maximum Gasteiger partial charge on any atom is 0.340 e. The Balaban J connectivity index is 1.87. The van der Waals surface area contributed by atoms with Crippen LogP contribution in [-0.2, 0) is 10.0 Å². The monoisotopic (exact) mass is 354 g/mol. The van der Waals surface area contributed by atoms with Crippen molar-refractivity contribution >= 4 is 38.2 Å². The second kappa shape index (κ2) is 5.49. The molecular formula is C18H14N2O4S. The molecule has 2 amide bonds. The van der Waals surface area contributed by atoms with Gasteiger partial charge in [-0.05, 0) is 35.0 Å². The number of ether oxygens (including phenoxy) is 1. The Hall–Kier alpha value is -3.06. The Morgan fingerprint density at radius 2 is 1.72 bits per heavy atom. The Labute approximate surface area is 144 Å². The summed E-state index contributed by atoms with van der Waals surface area (Å²) in [4.78, 5) is 12.5. The number of rotatable bonds is 2. The van der Waals surface area contributed by atoms with Crippen LogP contribution in [0.3, 0.4) is 0 Å². The van der Waals surface area contributed by atoms with Crippen molar-refractivity contribution in [2.75, 3.05) is 16.7 Å². The lowest BCUT2D eigenvalue weighted by Gasteiger charge is -2.29. The van der Waals surface area contributed by atoms with Gasteiger partial charge >= 0.3 is 6.03 Å². The predicted molar refractivity (Wildman–Crippen MR) is 95.6 cm³/mol. The Morgan fingerprint density at radius 3 is 2.48 bits per heavy atom. The Bertz CT molecular complexity index is 1110. The summed E-state index contributed by atoms with van der Waals surface area (Å²) in [5.41, 5.74) is 0.499.